The molecule has 0 aliphatic carbocycles. The first-order valence-electron chi connectivity index (χ1n) is 9.47. The third-order valence-corrected chi connectivity index (χ3v) is 5.18. The van der Waals surface area contributed by atoms with Crippen molar-refractivity contribution in [2.75, 3.05) is 49.5 Å². The van der Waals surface area contributed by atoms with E-state index < -0.39 is 0 Å². The maximum absolute atomic E-state index is 10.8. The fourth-order valence-electron chi connectivity index (χ4n) is 2.97. The Labute approximate surface area is 170 Å². The summed E-state index contributed by atoms with van der Waals surface area (Å²) in [6.07, 6.45) is 2.35. The Morgan fingerprint density at radius 1 is 1.25 bits per heavy atom. The highest BCUT2D eigenvalue weighted by Crippen LogP contribution is 2.23. The number of aryl methyl sites for hydroxylation is 1. The molecule has 2 aromatic heterocycles. The predicted octanol–water partition coefficient (Wildman–Crippen LogP) is 2.73. The molecule has 2 aromatic rings. The molecule has 0 bridgehead atoms. The zero-order chi connectivity index (χ0) is 20.1. The number of thiazole rings is 1. The Kier molecular flexibility index (Phi) is 6.58. The molecule has 28 heavy (non-hydrogen) atoms. The number of aldehydes is 1. The molecule has 1 fully saturated rings. The number of aromatic nitrogens is 3. The summed E-state index contributed by atoms with van der Waals surface area (Å²) in [7, 11) is 0. The molecule has 3 rings (SSSR count). The van der Waals surface area contributed by atoms with Crippen molar-refractivity contribution < 1.29 is 9.53 Å². The second-order valence-corrected chi connectivity index (χ2v) is 8.82. The summed E-state index contributed by atoms with van der Waals surface area (Å²) < 4.78 is 5.83. The molecule has 0 amide bonds. The average molecular weight is 405 g/mol. The van der Waals surface area contributed by atoms with Crippen LogP contribution in [0, 0.1) is 6.92 Å². The molecule has 0 unspecified atom stereocenters. The van der Waals surface area contributed by atoms with Crippen LogP contribution in [0.15, 0.2) is 12.3 Å². The smallest absolute Gasteiger partial charge is 0.188 e. The SMILES string of the molecule is Cc1nc(Nc2ncc(C=O)s2)cc(N2CCN(CCOC(C)(C)C)CC2)n1. The first-order valence-corrected chi connectivity index (χ1v) is 10.3. The molecule has 1 aliphatic heterocycles. The van der Waals surface area contributed by atoms with Gasteiger partial charge in [-0.15, -0.1) is 0 Å². The normalized spacial score (nSPS) is 15.6. The lowest BCUT2D eigenvalue weighted by atomic mass is 10.2. The van der Waals surface area contributed by atoms with Gasteiger partial charge in [-0.1, -0.05) is 11.3 Å². The quantitative estimate of drug-likeness (QED) is 0.706. The van der Waals surface area contributed by atoms with E-state index in [1.54, 1.807) is 6.20 Å². The molecule has 8 nitrogen and oxygen atoms in total. The molecule has 0 aromatic carbocycles. The highest BCUT2D eigenvalue weighted by atomic mass is 32.1. The van der Waals surface area contributed by atoms with Crippen LogP contribution in [0.5, 0.6) is 0 Å². The van der Waals surface area contributed by atoms with Crippen LogP contribution in [0.3, 0.4) is 0 Å². The van der Waals surface area contributed by atoms with Gasteiger partial charge in [-0.25, -0.2) is 15.0 Å². The summed E-state index contributed by atoms with van der Waals surface area (Å²) >= 11 is 1.30. The molecule has 152 valence electrons. The molecule has 1 aliphatic rings. The van der Waals surface area contributed by atoms with Crippen molar-refractivity contribution in [2.45, 2.75) is 33.3 Å². The summed E-state index contributed by atoms with van der Waals surface area (Å²) in [4.78, 5) is 29.3. The number of nitrogens with one attached hydrogen (secondary N) is 1. The number of carbonyl (C=O) groups is 1. The highest BCUT2D eigenvalue weighted by molar-refractivity contribution is 7.17. The number of rotatable bonds is 7. The zero-order valence-corrected chi connectivity index (χ0v) is 17.8. The van der Waals surface area contributed by atoms with E-state index in [2.05, 4.69) is 50.8 Å². The van der Waals surface area contributed by atoms with Gasteiger partial charge in [-0.2, -0.15) is 0 Å². The maximum Gasteiger partial charge on any atom is 0.188 e. The van der Waals surface area contributed by atoms with E-state index >= 15 is 0 Å². The van der Waals surface area contributed by atoms with Gasteiger partial charge in [0.15, 0.2) is 11.4 Å². The van der Waals surface area contributed by atoms with Gasteiger partial charge in [-0.05, 0) is 27.7 Å². The third kappa shape index (κ3) is 5.95. The molecule has 0 atom stereocenters. The van der Waals surface area contributed by atoms with Crippen molar-refractivity contribution in [1.29, 1.82) is 0 Å². The zero-order valence-electron chi connectivity index (χ0n) is 16.9. The van der Waals surface area contributed by atoms with E-state index in [9.17, 15) is 4.79 Å². The molecule has 1 N–H and O–H groups in total. The van der Waals surface area contributed by atoms with Gasteiger partial charge in [0.2, 0.25) is 0 Å². The topological polar surface area (TPSA) is 83.5 Å². The van der Waals surface area contributed by atoms with E-state index in [1.165, 1.54) is 11.3 Å². The van der Waals surface area contributed by atoms with Gasteiger partial charge in [0.1, 0.15) is 17.5 Å². The Hall–Kier alpha value is -2.10. The van der Waals surface area contributed by atoms with Gasteiger partial charge in [0.25, 0.3) is 0 Å². The van der Waals surface area contributed by atoms with Crippen LogP contribution in [0.1, 0.15) is 36.3 Å². The van der Waals surface area contributed by atoms with Gasteiger partial charge >= 0.3 is 0 Å². The lowest BCUT2D eigenvalue weighted by Gasteiger charge is -2.36. The van der Waals surface area contributed by atoms with Crippen LogP contribution in [0.2, 0.25) is 0 Å². The van der Waals surface area contributed by atoms with Crippen LogP contribution in [-0.4, -0.2) is 71.1 Å². The number of piperazine rings is 1. The van der Waals surface area contributed by atoms with E-state index in [1.807, 2.05) is 13.0 Å². The highest BCUT2D eigenvalue weighted by Gasteiger charge is 2.20. The van der Waals surface area contributed by atoms with Crippen LogP contribution in [0.4, 0.5) is 16.8 Å². The second kappa shape index (κ2) is 8.93. The fraction of sp³-hybridized carbons (Fsp3) is 0.579. The lowest BCUT2D eigenvalue weighted by molar-refractivity contribution is -0.0135. The van der Waals surface area contributed by atoms with E-state index in [4.69, 9.17) is 4.74 Å². The number of ether oxygens (including phenoxy) is 1. The Balaban J connectivity index is 1.57. The van der Waals surface area contributed by atoms with Gasteiger partial charge in [0.05, 0.1) is 23.3 Å². The van der Waals surface area contributed by atoms with Crippen molar-refractivity contribution >= 4 is 34.4 Å². The van der Waals surface area contributed by atoms with Crippen molar-refractivity contribution in [3.8, 4) is 0 Å². The fourth-order valence-corrected chi connectivity index (χ4v) is 3.61. The van der Waals surface area contributed by atoms with Crippen molar-refractivity contribution in [3.05, 3.63) is 23.0 Å². The van der Waals surface area contributed by atoms with Crippen LogP contribution < -0.4 is 10.2 Å². The monoisotopic (exact) mass is 404 g/mol. The number of nitrogens with zero attached hydrogens (tertiary/aromatic N) is 5. The van der Waals surface area contributed by atoms with Crippen LogP contribution in [-0.2, 0) is 4.74 Å². The largest absolute Gasteiger partial charge is 0.375 e. The van der Waals surface area contributed by atoms with Crippen molar-refractivity contribution in [2.24, 2.45) is 0 Å². The minimum absolute atomic E-state index is 0.0897. The average Bonchev–Trinajstić information content (AvgIpc) is 3.08. The first kappa shape index (κ1) is 20.6. The van der Waals surface area contributed by atoms with Gasteiger partial charge in [-0.3, -0.25) is 9.69 Å². The molecule has 0 radical (unpaired) electrons. The van der Waals surface area contributed by atoms with Crippen molar-refractivity contribution in [3.63, 3.8) is 0 Å². The van der Waals surface area contributed by atoms with E-state index in [0.717, 1.165) is 51.4 Å². The molecule has 1 saturated heterocycles. The Morgan fingerprint density at radius 2 is 2.00 bits per heavy atom. The summed E-state index contributed by atoms with van der Waals surface area (Å²) in [5.74, 6) is 2.30. The summed E-state index contributed by atoms with van der Waals surface area (Å²) in [6.45, 7) is 13.6. The number of anilines is 3. The maximum atomic E-state index is 10.8. The number of hydrogen-bond donors (Lipinski definition) is 1. The Morgan fingerprint density at radius 3 is 2.64 bits per heavy atom. The standard InChI is InChI=1S/C19H28N6O2S/c1-14-21-16(23-18-20-12-15(13-26)28-18)11-17(22-14)25-7-5-24(6-8-25)9-10-27-19(2,3)4/h11-13H,5-10H2,1-4H3,(H,20,21,22,23). The van der Waals surface area contributed by atoms with E-state index in [0.29, 0.717) is 21.7 Å². The molecule has 3 heterocycles. The lowest BCUT2D eigenvalue weighted by Crippen LogP contribution is -2.48. The molecule has 0 spiro atoms. The minimum atomic E-state index is -0.0897. The molecular formula is C19H28N6O2S. The van der Waals surface area contributed by atoms with Crippen molar-refractivity contribution in [1.82, 2.24) is 19.9 Å². The summed E-state index contributed by atoms with van der Waals surface area (Å²) in [5.41, 5.74) is -0.0897. The van der Waals surface area contributed by atoms with Crippen LogP contribution >= 0.6 is 11.3 Å². The van der Waals surface area contributed by atoms with Crippen LogP contribution in [0.25, 0.3) is 0 Å². The third-order valence-electron chi connectivity index (χ3n) is 4.34. The summed E-state index contributed by atoms with van der Waals surface area (Å²) in [5, 5.41) is 3.82. The molecular weight excluding hydrogens is 376 g/mol. The summed E-state index contributed by atoms with van der Waals surface area (Å²) in [6, 6.07) is 1.94. The van der Waals surface area contributed by atoms with E-state index in [-0.39, 0.29) is 5.60 Å². The second-order valence-electron chi connectivity index (χ2n) is 7.76. The van der Waals surface area contributed by atoms with Gasteiger partial charge in [0, 0.05) is 38.8 Å². The first-order chi connectivity index (χ1) is 13.3. The molecule has 0 saturated carbocycles. The predicted molar refractivity (Wildman–Crippen MR) is 112 cm³/mol. The minimum Gasteiger partial charge on any atom is -0.375 e. The molecule has 9 heteroatoms. The number of carbonyl (C=O) groups excluding carboxylic acids is 1. The Bertz CT molecular complexity index is 796. The number of hydrogen-bond acceptors (Lipinski definition) is 9. The van der Waals surface area contributed by atoms with Gasteiger partial charge < -0.3 is 15.0 Å².